The highest BCUT2D eigenvalue weighted by Crippen LogP contribution is 2.34. The second-order valence-corrected chi connectivity index (χ2v) is 8.78. The van der Waals surface area contributed by atoms with E-state index in [-0.39, 0.29) is 23.4 Å². The molecule has 1 aliphatic heterocycles. The smallest absolute Gasteiger partial charge is 0.325 e. The molecule has 2 aromatic rings. The number of rotatable bonds is 5. The fraction of sp³-hybridized carbons (Fsp3) is 0.350. The van der Waals surface area contributed by atoms with Crippen LogP contribution in [0.15, 0.2) is 53.4 Å². The third kappa shape index (κ3) is 5.59. The molecule has 2 aromatic carbocycles. The molecule has 6 nitrogen and oxygen atoms in total. The van der Waals surface area contributed by atoms with Crippen LogP contribution in [-0.4, -0.2) is 32.3 Å². The fourth-order valence-electron chi connectivity index (χ4n) is 3.59. The van der Waals surface area contributed by atoms with Gasteiger partial charge in [0.1, 0.15) is 0 Å². The van der Waals surface area contributed by atoms with Crippen molar-refractivity contribution in [3.8, 4) is 0 Å². The lowest BCUT2D eigenvalue weighted by Gasteiger charge is -2.35. The van der Waals surface area contributed by atoms with E-state index in [1.807, 2.05) is 4.90 Å². The third-order valence-corrected chi connectivity index (χ3v) is 5.94. The Kier molecular flexibility index (Phi) is 6.49. The van der Waals surface area contributed by atoms with Gasteiger partial charge in [-0.3, -0.25) is 9.69 Å². The van der Waals surface area contributed by atoms with Crippen molar-refractivity contribution >= 4 is 21.6 Å². The molecule has 3 N–H and O–H groups in total. The number of halogens is 3. The van der Waals surface area contributed by atoms with Gasteiger partial charge in [0.05, 0.1) is 17.0 Å². The van der Waals surface area contributed by atoms with Crippen molar-refractivity contribution in [1.82, 2.24) is 4.90 Å². The molecule has 1 saturated heterocycles. The first kappa shape index (κ1) is 22.3. The molecule has 0 aliphatic carbocycles. The summed E-state index contributed by atoms with van der Waals surface area (Å²) in [6.07, 6.45) is -1.86. The minimum atomic E-state index is -4.39. The van der Waals surface area contributed by atoms with Gasteiger partial charge in [-0.15, -0.1) is 0 Å². The second-order valence-electron chi connectivity index (χ2n) is 7.22. The Morgan fingerprint density at radius 1 is 1.13 bits per heavy atom. The van der Waals surface area contributed by atoms with Crippen LogP contribution < -0.4 is 10.5 Å². The number of hydrogen-bond acceptors (Lipinski definition) is 4. The first-order valence-corrected chi connectivity index (χ1v) is 10.9. The lowest BCUT2D eigenvalue weighted by Crippen LogP contribution is -2.39. The van der Waals surface area contributed by atoms with E-state index >= 15 is 0 Å². The van der Waals surface area contributed by atoms with Gasteiger partial charge in [-0.05, 0) is 55.3 Å². The number of nitrogens with one attached hydrogen (secondary N) is 1. The number of carbonyl (C=O) groups is 1. The maximum absolute atomic E-state index is 12.8. The van der Waals surface area contributed by atoms with Gasteiger partial charge in [0, 0.05) is 11.7 Å². The Hall–Kier alpha value is -2.43. The average molecular weight is 441 g/mol. The van der Waals surface area contributed by atoms with Gasteiger partial charge in [0.15, 0.2) is 0 Å². The number of nitrogens with zero attached hydrogens (tertiary/aromatic N) is 1. The molecule has 30 heavy (non-hydrogen) atoms. The van der Waals surface area contributed by atoms with Crippen LogP contribution in [0.3, 0.4) is 0 Å². The predicted molar refractivity (Wildman–Crippen MR) is 106 cm³/mol. The van der Waals surface area contributed by atoms with Gasteiger partial charge in [0.25, 0.3) is 0 Å². The van der Waals surface area contributed by atoms with E-state index in [4.69, 9.17) is 5.14 Å². The molecule has 1 heterocycles. The molecule has 0 saturated carbocycles. The van der Waals surface area contributed by atoms with E-state index in [0.717, 1.165) is 37.0 Å². The number of nitrogens with two attached hydrogens (primary N) is 1. The van der Waals surface area contributed by atoms with Gasteiger partial charge in [0.2, 0.25) is 15.9 Å². The summed E-state index contributed by atoms with van der Waals surface area (Å²) in [7, 11) is -3.89. The van der Waals surface area contributed by atoms with Gasteiger partial charge < -0.3 is 5.32 Å². The fourth-order valence-corrected chi connectivity index (χ4v) is 4.15. The van der Waals surface area contributed by atoms with Crippen LogP contribution in [0.4, 0.5) is 18.9 Å². The molecular weight excluding hydrogens is 419 g/mol. The first-order chi connectivity index (χ1) is 14.0. The third-order valence-electron chi connectivity index (χ3n) is 5.03. The topological polar surface area (TPSA) is 92.5 Å². The van der Waals surface area contributed by atoms with Gasteiger partial charge in [-0.1, -0.05) is 24.6 Å². The Balaban J connectivity index is 1.70. The van der Waals surface area contributed by atoms with Crippen molar-refractivity contribution in [3.63, 3.8) is 0 Å². The zero-order valence-electron chi connectivity index (χ0n) is 16.0. The number of anilines is 1. The normalized spacial score (nSPS) is 18.2. The number of amides is 1. The van der Waals surface area contributed by atoms with Crippen LogP contribution in [0.2, 0.25) is 0 Å². The molecular formula is C20H22F3N3O3S. The minimum Gasteiger partial charge on any atom is -0.325 e. The number of hydrogen-bond donors (Lipinski definition) is 2. The van der Waals surface area contributed by atoms with Crippen LogP contribution in [0.1, 0.15) is 36.4 Å². The highest BCUT2D eigenvalue weighted by atomic mass is 32.2. The molecule has 0 bridgehead atoms. The number of alkyl halides is 3. The Morgan fingerprint density at radius 3 is 2.47 bits per heavy atom. The van der Waals surface area contributed by atoms with E-state index in [0.29, 0.717) is 12.2 Å². The van der Waals surface area contributed by atoms with Crippen molar-refractivity contribution in [2.75, 3.05) is 18.4 Å². The summed E-state index contributed by atoms with van der Waals surface area (Å²) in [4.78, 5) is 14.3. The van der Waals surface area contributed by atoms with Crippen LogP contribution >= 0.6 is 0 Å². The van der Waals surface area contributed by atoms with Crippen molar-refractivity contribution in [2.45, 2.75) is 36.4 Å². The summed E-state index contributed by atoms with van der Waals surface area (Å²) in [5.74, 6) is -0.347. The predicted octanol–water partition coefficient (Wildman–Crippen LogP) is 3.52. The number of piperidine rings is 1. The van der Waals surface area contributed by atoms with Gasteiger partial charge in [-0.2, -0.15) is 13.2 Å². The number of carbonyl (C=O) groups excluding carboxylic acids is 1. The van der Waals surface area contributed by atoms with Crippen LogP contribution in [0, 0.1) is 0 Å². The summed E-state index contributed by atoms with van der Waals surface area (Å²) in [6, 6.07) is 10.5. The number of likely N-dealkylation sites (tertiary alicyclic amines) is 1. The molecule has 1 fully saturated rings. The minimum absolute atomic E-state index is 0.0330. The van der Waals surface area contributed by atoms with E-state index < -0.39 is 21.8 Å². The summed E-state index contributed by atoms with van der Waals surface area (Å²) >= 11 is 0. The van der Waals surface area contributed by atoms with E-state index in [1.54, 1.807) is 6.07 Å². The van der Waals surface area contributed by atoms with Crippen molar-refractivity contribution < 1.29 is 26.4 Å². The largest absolute Gasteiger partial charge is 0.416 e. The quantitative estimate of drug-likeness (QED) is 0.743. The SMILES string of the molecule is NS(=O)(=O)c1cccc(NC(=O)CN2CCCCC2c2ccc(C(F)(F)F)cc2)c1. The van der Waals surface area contributed by atoms with E-state index in [2.05, 4.69) is 5.32 Å². The molecule has 0 radical (unpaired) electrons. The van der Waals surface area contributed by atoms with Gasteiger partial charge >= 0.3 is 6.18 Å². The zero-order valence-corrected chi connectivity index (χ0v) is 16.8. The van der Waals surface area contributed by atoms with Crippen LogP contribution in [-0.2, 0) is 21.0 Å². The Bertz CT molecular complexity index is 1010. The zero-order chi connectivity index (χ0) is 21.9. The molecule has 1 aliphatic rings. The molecule has 0 aromatic heterocycles. The number of sulfonamides is 1. The number of benzene rings is 2. The first-order valence-electron chi connectivity index (χ1n) is 9.38. The Morgan fingerprint density at radius 2 is 1.83 bits per heavy atom. The van der Waals surface area contributed by atoms with Crippen LogP contribution in [0.5, 0.6) is 0 Å². The van der Waals surface area contributed by atoms with E-state index in [1.165, 1.54) is 30.3 Å². The molecule has 1 amide bonds. The summed E-state index contributed by atoms with van der Waals surface area (Å²) in [5, 5.41) is 7.76. The summed E-state index contributed by atoms with van der Waals surface area (Å²) in [6.45, 7) is 0.668. The lowest BCUT2D eigenvalue weighted by molar-refractivity contribution is -0.137. The molecule has 1 atom stereocenters. The van der Waals surface area contributed by atoms with Gasteiger partial charge in [-0.25, -0.2) is 13.6 Å². The lowest BCUT2D eigenvalue weighted by atomic mass is 9.94. The Labute approximate surface area is 172 Å². The highest BCUT2D eigenvalue weighted by molar-refractivity contribution is 7.89. The molecule has 0 spiro atoms. The summed E-state index contributed by atoms with van der Waals surface area (Å²) < 4.78 is 61.4. The second kappa shape index (κ2) is 8.75. The monoisotopic (exact) mass is 441 g/mol. The standard InChI is InChI=1S/C20H22F3N3O3S/c21-20(22,23)15-9-7-14(8-10-15)18-6-1-2-11-26(18)13-19(27)25-16-4-3-5-17(12-16)30(24,28)29/h3-5,7-10,12,18H,1-2,6,11,13H2,(H,25,27)(H2,24,28,29). The maximum atomic E-state index is 12.8. The van der Waals surface area contributed by atoms with Crippen molar-refractivity contribution in [3.05, 3.63) is 59.7 Å². The molecule has 3 rings (SSSR count). The summed E-state index contributed by atoms with van der Waals surface area (Å²) in [5.41, 5.74) is 0.322. The maximum Gasteiger partial charge on any atom is 0.416 e. The molecule has 10 heteroatoms. The average Bonchev–Trinajstić information content (AvgIpc) is 2.67. The number of primary sulfonamides is 1. The highest BCUT2D eigenvalue weighted by Gasteiger charge is 2.31. The molecule has 1 unspecified atom stereocenters. The van der Waals surface area contributed by atoms with Crippen LogP contribution in [0.25, 0.3) is 0 Å². The van der Waals surface area contributed by atoms with E-state index in [9.17, 15) is 26.4 Å². The molecule has 162 valence electrons. The van der Waals surface area contributed by atoms with Crippen molar-refractivity contribution in [1.29, 1.82) is 0 Å². The van der Waals surface area contributed by atoms with Crippen molar-refractivity contribution in [2.24, 2.45) is 5.14 Å².